The SMILES string of the molecule is O[C@H](Cn1c2ccc(Cl)cc2c2cc(Cl)ccc21)C[NH+]1CC[NH+](Cc2ccccc2)CC1. The largest absolute Gasteiger partial charge is 0.385 e. The van der Waals surface area contributed by atoms with Crippen LogP contribution in [0.5, 0.6) is 0 Å². The number of piperazine rings is 1. The number of nitrogens with one attached hydrogen (secondary N) is 2. The zero-order valence-electron chi connectivity index (χ0n) is 18.0. The molecule has 0 bridgehead atoms. The smallest absolute Gasteiger partial charge is 0.127 e. The second-order valence-corrected chi connectivity index (χ2v) is 9.83. The van der Waals surface area contributed by atoms with E-state index in [2.05, 4.69) is 34.9 Å². The second-order valence-electron chi connectivity index (χ2n) is 8.95. The first-order valence-corrected chi connectivity index (χ1v) is 12.1. The third kappa shape index (κ3) is 4.66. The highest BCUT2D eigenvalue weighted by Gasteiger charge is 2.25. The number of hydrogen-bond acceptors (Lipinski definition) is 1. The van der Waals surface area contributed by atoms with Crippen molar-refractivity contribution in [1.82, 2.24) is 4.57 Å². The first-order valence-electron chi connectivity index (χ1n) is 11.3. The lowest BCUT2D eigenvalue weighted by atomic mass is 10.1. The highest BCUT2D eigenvalue weighted by Crippen LogP contribution is 2.32. The molecule has 4 nitrogen and oxygen atoms in total. The van der Waals surface area contributed by atoms with Gasteiger partial charge in [0.2, 0.25) is 0 Å². The molecule has 0 radical (unpaired) electrons. The number of hydrogen-bond donors (Lipinski definition) is 3. The van der Waals surface area contributed by atoms with Crippen molar-refractivity contribution in [3.8, 4) is 0 Å². The summed E-state index contributed by atoms with van der Waals surface area (Å²) in [6, 6.07) is 22.6. The van der Waals surface area contributed by atoms with E-state index in [1.807, 2.05) is 36.4 Å². The van der Waals surface area contributed by atoms with E-state index >= 15 is 0 Å². The van der Waals surface area contributed by atoms with Crippen LogP contribution >= 0.6 is 23.2 Å². The fraction of sp³-hybridized carbons (Fsp3) is 0.308. The minimum absolute atomic E-state index is 0.411. The van der Waals surface area contributed by atoms with Crippen LogP contribution < -0.4 is 9.80 Å². The molecule has 0 amide bonds. The normalized spacial score (nSPS) is 20.1. The molecule has 1 aliphatic heterocycles. The monoisotopic (exact) mass is 469 g/mol. The quantitative estimate of drug-likeness (QED) is 0.398. The molecule has 0 unspecified atom stereocenters. The number of quaternary nitrogens is 2. The van der Waals surface area contributed by atoms with Crippen molar-refractivity contribution >= 4 is 45.0 Å². The molecule has 1 aromatic heterocycles. The summed E-state index contributed by atoms with van der Waals surface area (Å²) in [5.41, 5.74) is 3.56. The first kappa shape index (κ1) is 21.7. The molecule has 0 aliphatic carbocycles. The van der Waals surface area contributed by atoms with Crippen molar-refractivity contribution in [1.29, 1.82) is 0 Å². The van der Waals surface area contributed by atoms with Crippen LogP contribution in [0, 0.1) is 0 Å². The molecule has 1 fully saturated rings. The van der Waals surface area contributed by atoms with Gasteiger partial charge in [-0.1, -0.05) is 53.5 Å². The van der Waals surface area contributed by atoms with Crippen molar-refractivity contribution in [2.75, 3.05) is 32.7 Å². The van der Waals surface area contributed by atoms with Crippen LogP contribution in [-0.2, 0) is 13.1 Å². The summed E-state index contributed by atoms with van der Waals surface area (Å²) in [5, 5.41) is 14.6. The van der Waals surface area contributed by atoms with Gasteiger partial charge in [0.1, 0.15) is 45.4 Å². The fourth-order valence-electron chi connectivity index (χ4n) is 5.08. The van der Waals surface area contributed by atoms with Gasteiger partial charge in [-0.05, 0) is 36.4 Å². The molecule has 4 aromatic rings. The molecule has 5 rings (SSSR count). The number of fused-ring (bicyclic) bond motifs is 3. The van der Waals surface area contributed by atoms with E-state index in [9.17, 15) is 5.11 Å². The standard InChI is InChI=1S/C26H27Cl2N3O/c27-20-6-8-25-23(14-20)24-15-21(28)7-9-26(24)31(25)18-22(32)17-30-12-10-29(11-13-30)16-19-4-2-1-3-5-19/h1-9,14-15,22,32H,10-13,16-18H2/p+2/t22-/m0/s1. The van der Waals surface area contributed by atoms with Crippen molar-refractivity contribution in [2.45, 2.75) is 19.2 Å². The Bertz CT molecular complexity index is 1160. The van der Waals surface area contributed by atoms with Crippen LogP contribution in [0.25, 0.3) is 21.8 Å². The van der Waals surface area contributed by atoms with Crippen LogP contribution in [0.3, 0.4) is 0 Å². The molecule has 2 heterocycles. The van der Waals surface area contributed by atoms with E-state index in [1.165, 1.54) is 10.5 Å². The Kier molecular flexibility index (Phi) is 6.40. The van der Waals surface area contributed by atoms with Crippen molar-refractivity contribution < 1.29 is 14.9 Å². The zero-order chi connectivity index (χ0) is 22.1. The van der Waals surface area contributed by atoms with Gasteiger partial charge in [-0.2, -0.15) is 0 Å². The Morgan fingerprint density at radius 3 is 1.94 bits per heavy atom. The van der Waals surface area contributed by atoms with Crippen molar-refractivity contribution in [3.63, 3.8) is 0 Å². The van der Waals surface area contributed by atoms with Crippen LogP contribution in [0.2, 0.25) is 10.0 Å². The predicted octanol–water partition coefficient (Wildman–Crippen LogP) is 2.45. The Morgan fingerprint density at radius 2 is 1.34 bits per heavy atom. The number of aliphatic hydroxyl groups is 1. The molecule has 1 saturated heterocycles. The summed E-state index contributed by atoms with van der Waals surface area (Å²) in [5.74, 6) is 0. The van der Waals surface area contributed by atoms with Crippen LogP contribution in [0.1, 0.15) is 5.56 Å². The van der Waals surface area contributed by atoms with Gasteiger partial charge in [-0.3, -0.25) is 0 Å². The molecule has 3 aromatic carbocycles. The van der Waals surface area contributed by atoms with Gasteiger partial charge < -0.3 is 19.5 Å². The minimum Gasteiger partial charge on any atom is -0.385 e. The average molecular weight is 470 g/mol. The minimum atomic E-state index is -0.411. The maximum atomic E-state index is 11.0. The molecule has 166 valence electrons. The number of aliphatic hydroxyl groups excluding tert-OH is 1. The highest BCUT2D eigenvalue weighted by molar-refractivity contribution is 6.33. The lowest BCUT2D eigenvalue weighted by molar-refractivity contribution is -1.02. The molecule has 32 heavy (non-hydrogen) atoms. The molecule has 3 N–H and O–H groups in total. The lowest BCUT2D eigenvalue weighted by Crippen LogP contribution is -3.28. The summed E-state index contributed by atoms with van der Waals surface area (Å²) in [7, 11) is 0. The molecule has 1 atom stereocenters. The highest BCUT2D eigenvalue weighted by atomic mass is 35.5. The molecular weight excluding hydrogens is 441 g/mol. The first-order chi connectivity index (χ1) is 15.6. The van der Waals surface area contributed by atoms with Crippen molar-refractivity contribution in [2.24, 2.45) is 0 Å². The Labute approximate surface area is 198 Å². The van der Waals surface area contributed by atoms with E-state index < -0.39 is 6.10 Å². The van der Waals surface area contributed by atoms with E-state index in [4.69, 9.17) is 23.2 Å². The fourth-order valence-corrected chi connectivity index (χ4v) is 5.42. The predicted molar refractivity (Wildman–Crippen MR) is 132 cm³/mol. The number of aromatic nitrogens is 1. The van der Waals surface area contributed by atoms with E-state index in [0.29, 0.717) is 16.6 Å². The summed E-state index contributed by atoms with van der Waals surface area (Å²) in [4.78, 5) is 3.12. The maximum absolute atomic E-state index is 11.0. The van der Waals surface area contributed by atoms with Crippen molar-refractivity contribution in [3.05, 3.63) is 82.3 Å². The second kappa shape index (κ2) is 9.42. The topological polar surface area (TPSA) is 34.0 Å². The summed E-state index contributed by atoms with van der Waals surface area (Å²) < 4.78 is 2.21. The third-order valence-electron chi connectivity index (χ3n) is 6.67. The van der Waals surface area contributed by atoms with Crippen LogP contribution in [0.4, 0.5) is 0 Å². The molecule has 1 aliphatic rings. The van der Waals surface area contributed by atoms with E-state index in [-0.39, 0.29) is 0 Å². The van der Waals surface area contributed by atoms with Gasteiger partial charge >= 0.3 is 0 Å². The van der Waals surface area contributed by atoms with Crippen LogP contribution in [0.15, 0.2) is 66.7 Å². The number of nitrogens with zero attached hydrogens (tertiary/aromatic N) is 1. The van der Waals surface area contributed by atoms with Gasteiger partial charge in [0.05, 0.1) is 6.54 Å². The van der Waals surface area contributed by atoms with E-state index in [1.54, 1.807) is 4.90 Å². The third-order valence-corrected chi connectivity index (χ3v) is 7.14. The number of benzene rings is 3. The Morgan fingerprint density at radius 1 is 0.781 bits per heavy atom. The van der Waals surface area contributed by atoms with Gasteiger partial charge in [0.15, 0.2) is 0 Å². The average Bonchev–Trinajstić information content (AvgIpc) is 3.08. The molecule has 0 saturated carbocycles. The number of rotatable bonds is 6. The van der Waals surface area contributed by atoms with Gasteiger partial charge in [0, 0.05) is 37.4 Å². The molecular formula is C26H29Cl2N3O+2. The summed E-state index contributed by atoms with van der Waals surface area (Å²) in [6.07, 6.45) is -0.411. The zero-order valence-corrected chi connectivity index (χ0v) is 19.5. The van der Waals surface area contributed by atoms with Crippen LogP contribution in [-0.4, -0.2) is 48.5 Å². The molecule has 6 heteroatoms. The number of halogens is 2. The molecule has 0 spiro atoms. The maximum Gasteiger partial charge on any atom is 0.127 e. The van der Waals surface area contributed by atoms with Gasteiger partial charge in [-0.25, -0.2) is 0 Å². The summed E-state index contributed by atoms with van der Waals surface area (Å²) in [6.45, 7) is 6.89. The van der Waals surface area contributed by atoms with E-state index in [0.717, 1.165) is 61.1 Å². The Balaban J connectivity index is 1.26. The van der Waals surface area contributed by atoms with Gasteiger partial charge in [0.25, 0.3) is 0 Å². The summed E-state index contributed by atoms with van der Waals surface area (Å²) >= 11 is 12.5. The Hall–Kier alpha value is -2.08. The van der Waals surface area contributed by atoms with Gasteiger partial charge in [-0.15, -0.1) is 0 Å². The lowest BCUT2D eigenvalue weighted by Gasteiger charge is -2.31.